The van der Waals surface area contributed by atoms with Gasteiger partial charge in [-0.3, -0.25) is 14.1 Å². The Morgan fingerprint density at radius 3 is 2.60 bits per heavy atom. The summed E-state index contributed by atoms with van der Waals surface area (Å²) < 4.78 is 35.1. The molecule has 1 aromatic rings. The number of hydrogen-bond acceptors (Lipinski definition) is 10. The first kappa shape index (κ1) is 20.6. The Hall–Kier alpha value is -2.66. The monoisotopic (exact) mass is 444 g/mol. The lowest BCUT2D eigenvalue weighted by Crippen LogP contribution is -2.58. The Morgan fingerprint density at radius 2 is 1.93 bits per heavy atom. The van der Waals surface area contributed by atoms with E-state index in [-0.39, 0.29) is 25.4 Å². The molecule has 0 radical (unpaired) electrons. The molecule has 4 rings (SSSR count). The zero-order chi connectivity index (χ0) is 21.6. The molecule has 0 spiro atoms. The fraction of sp³-hybridized carbons (Fsp3) is 0.643. The second kappa shape index (κ2) is 7.55. The number of carbonyl (C=O) groups is 3. The lowest BCUT2D eigenvalue weighted by Gasteiger charge is -2.31. The third-order valence-corrected chi connectivity index (χ3v) is 5.78. The topological polar surface area (TPSA) is 193 Å². The van der Waals surface area contributed by atoms with Gasteiger partial charge >= 0.3 is 16.4 Å². The lowest BCUT2D eigenvalue weighted by atomic mass is 10.00. The molecule has 2 bridgehead atoms. The highest BCUT2D eigenvalue weighted by Crippen LogP contribution is 2.31. The average Bonchev–Trinajstić information content (AvgIpc) is 3.43. The van der Waals surface area contributed by atoms with Crippen LogP contribution in [0.3, 0.4) is 0 Å². The number of nitrogens with zero attached hydrogens (tertiary/aromatic N) is 6. The molecule has 1 aromatic heterocycles. The molecular weight excluding hydrogens is 424 g/mol. The van der Waals surface area contributed by atoms with Gasteiger partial charge < -0.3 is 10.2 Å². The summed E-state index contributed by atoms with van der Waals surface area (Å²) in [5.74, 6) is 4.34. The highest BCUT2D eigenvalue weighted by atomic mass is 32.3. The molecule has 3 saturated heterocycles. The number of hydroxylamine groups is 2. The molecule has 4 heterocycles. The first-order valence-electron chi connectivity index (χ1n) is 9.14. The Labute approximate surface area is 170 Å². The predicted octanol–water partition coefficient (Wildman–Crippen LogP) is -2.59. The highest BCUT2D eigenvalue weighted by molar-refractivity contribution is 7.80. The van der Waals surface area contributed by atoms with Crippen LogP contribution in [0, 0.1) is 0 Å². The van der Waals surface area contributed by atoms with E-state index in [1.807, 2.05) is 0 Å². The number of piperidine rings is 1. The average molecular weight is 444 g/mol. The van der Waals surface area contributed by atoms with Crippen LogP contribution in [0.4, 0.5) is 4.79 Å². The van der Waals surface area contributed by atoms with Crippen molar-refractivity contribution in [1.82, 2.24) is 35.3 Å². The van der Waals surface area contributed by atoms with Crippen LogP contribution in [0.15, 0.2) is 12.4 Å². The Morgan fingerprint density at radius 1 is 1.23 bits per heavy atom. The number of imide groups is 1. The van der Waals surface area contributed by atoms with Gasteiger partial charge in [-0.25, -0.2) is 15.6 Å². The van der Waals surface area contributed by atoms with Crippen LogP contribution in [0.2, 0.25) is 0 Å². The van der Waals surface area contributed by atoms with Gasteiger partial charge in [0.1, 0.15) is 6.04 Å². The van der Waals surface area contributed by atoms with Gasteiger partial charge in [0.2, 0.25) is 0 Å². The van der Waals surface area contributed by atoms with Crippen molar-refractivity contribution in [1.29, 1.82) is 0 Å². The van der Waals surface area contributed by atoms with Crippen LogP contribution in [0.1, 0.15) is 25.3 Å². The van der Waals surface area contributed by atoms with Crippen molar-refractivity contribution in [3.05, 3.63) is 12.4 Å². The number of urea groups is 1. The van der Waals surface area contributed by atoms with Gasteiger partial charge in [-0.05, 0) is 19.3 Å². The van der Waals surface area contributed by atoms with Crippen LogP contribution < -0.4 is 11.2 Å². The van der Waals surface area contributed by atoms with E-state index in [1.165, 1.54) is 17.2 Å². The van der Waals surface area contributed by atoms with E-state index >= 15 is 0 Å². The summed E-state index contributed by atoms with van der Waals surface area (Å²) in [5.41, 5.74) is 0. The molecule has 4 N–H and O–H groups in total. The van der Waals surface area contributed by atoms with Gasteiger partial charge in [0, 0.05) is 13.1 Å². The number of carbonyl (C=O) groups excluding carboxylic acids is 3. The lowest BCUT2D eigenvalue weighted by molar-refractivity contribution is -0.149. The zero-order valence-electron chi connectivity index (χ0n) is 15.6. The number of nitrogens with one attached hydrogen (secondary N) is 1. The van der Waals surface area contributed by atoms with Crippen LogP contribution in [0.5, 0.6) is 0 Å². The normalized spacial score (nSPS) is 28.8. The summed E-state index contributed by atoms with van der Waals surface area (Å²) in [7, 11) is -4.90. The summed E-state index contributed by atoms with van der Waals surface area (Å²) in [5, 5.41) is 12.1. The van der Waals surface area contributed by atoms with Gasteiger partial charge in [-0.15, -0.1) is 4.28 Å². The van der Waals surface area contributed by atoms with Gasteiger partial charge in [-0.1, -0.05) is 0 Å². The number of nitrogens with two attached hydrogens (primary N) is 1. The fourth-order valence-corrected chi connectivity index (χ4v) is 4.41. The smallest absolute Gasteiger partial charge is 0.309 e. The predicted molar refractivity (Wildman–Crippen MR) is 94.9 cm³/mol. The van der Waals surface area contributed by atoms with Crippen LogP contribution in [-0.4, -0.2) is 92.0 Å². The number of aromatic nitrogens is 3. The Balaban J connectivity index is 1.41. The summed E-state index contributed by atoms with van der Waals surface area (Å²) in [6.07, 6.45) is 3.75. The van der Waals surface area contributed by atoms with Crippen molar-refractivity contribution in [2.24, 2.45) is 5.84 Å². The number of fused-ring (bicyclic) bond motifs is 2. The molecule has 0 saturated carbocycles. The van der Waals surface area contributed by atoms with Gasteiger partial charge in [0.25, 0.3) is 11.8 Å². The van der Waals surface area contributed by atoms with E-state index in [0.29, 0.717) is 23.0 Å². The molecule has 0 aromatic carbocycles. The van der Waals surface area contributed by atoms with Crippen LogP contribution >= 0.6 is 0 Å². The number of rotatable bonds is 5. The van der Waals surface area contributed by atoms with Gasteiger partial charge in [-0.2, -0.15) is 28.5 Å². The minimum atomic E-state index is -4.90. The minimum absolute atomic E-state index is 0.00150. The summed E-state index contributed by atoms with van der Waals surface area (Å²) in [4.78, 5) is 40.5. The fourth-order valence-electron chi connectivity index (χ4n) is 4.02. The van der Waals surface area contributed by atoms with Crippen molar-refractivity contribution >= 4 is 28.2 Å². The maximum absolute atomic E-state index is 12.8. The Bertz CT molecular complexity index is 954. The van der Waals surface area contributed by atoms with E-state index in [9.17, 15) is 22.8 Å². The van der Waals surface area contributed by atoms with Gasteiger partial charge in [0.05, 0.1) is 30.5 Å². The molecule has 15 nitrogen and oxygen atoms in total. The number of hydrogen-bond donors (Lipinski definition) is 3. The third kappa shape index (κ3) is 3.74. The van der Waals surface area contributed by atoms with E-state index in [0.717, 1.165) is 4.90 Å². The van der Waals surface area contributed by atoms with Crippen molar-refractivity contribution in [3.63, 3.8) is 0 Å². The molecule has 30 heavy (non-hydrogen) atoms. The molecule has 3 fully saturated rings. The van der Waals surface area contributed by atoms with Crippen LogP contribution in [-0.2, 0) is 24.3 Å². The summed E-state index contributed by atoms with van der Waals surface area (Å²) >= 11 is 0. The molecule has 16 heteroatoms. The SMILES string of the molecule is NN(C(=O)[C@@H]1C[C@H](n2nccn2)CN1)C(=O)[C@H]1CC[C@@H]2CN1C(=O)N2OS(=O)(=O)O. The quantitative estimate of drug-likeness (QED) is 0.142. The first-order valence-corrected chi connectivity index (χ1v) is 10.5. The molecule has 4 atom stereocenters. The van der Waals surface area contributed by atoms with E-state index in [2.05, 4.69) is 19.8 Å². The summed E-state index contributed by atoms with van der Waals surface area (Å²) in [6.45, 7) is 0.423. The Kier molecular flexibility index (Phi) is 5.18. The zero-order valence-corrected chi connectivity index (χ0v) is 16.4. The molecule has 164 valence electrons. The molecule has 0 aliphatic carbocycles. The van der Waals surface area contributed by atoms with E-state index < -0.39 is 46.4 Å². The molecule has 4 amide bonds. The van der Waals surface area contributed by atoms with Gasteiger partial charge in [0.15, 0.2) is 0 Å². The number of amides is 4. The molecule has 3 aliphatic heterocycles. The highest BCUT2D eigenvalue weighted by Gasteiger charge is 2.50. The largest absolute Gasteiger partial charge is 0.418 e. The van der Waals surface area contributed by atoms with E-state index in [4.69, 9.17) is 10.4 Å². The van der Waals surface area contributed by atoms with Crippen LogP contribution in [0.25, 0.3) is 0 Å². The third-order valence-electron chi connectivity index (χ3n) is 5.43. The molecule has 3 aliphatic rings. The minimum Gasteiger partial charge on any atom is -0.309 e. The van der Waals surface area contributed by atoms with Crippen molar-refractivity contribution in [2.45, 2.75) is 43.4 Å². The maximum Gasteiger partial charge on any atom is 0.418 e. The summed E-state index contributed by atoms with van der Waals surface area (Å²) in [6, 6.07) is -3.50. The standard InChI is InChI=1S/C14H20N8O7S/c15-20(12(23)10-5-9(6-16-10)22-17-3-4-18-22)13(24)11-2-1-8-7-19(11)14(25)21(8)29-30(26,27)28/h3-4,8-11,16H,1-2,5-7,15H2,(H,26,27,28)/t8-,9+,10+,11-/m1/s1. The van der Waals surface area contributed by atoms with Crippen molar-refractivity contribution in [2.75, 3.05) is 13.1 Å². The molecular formula is C14H20N8O7S. The molecule has 0 unspecified atom stereocenters. The second-order valence-electron chi connectivity index (χ2n) is 7.26. The first-order chi connectivity index (χ1) is 14.2. The number of hydrazine groups is 1. The van der Waals surface area contributed by atoms with Crippen molar-refractivity contribution in [3.8, 4) is 0 Å². The van der Waals surface area contributed by atoms with E-state index in [1.54, 1.807) is 0 Å². The second-order valence-corrected chi connectivity index (χ2v) is 8.26. The van der Waals surface area contributed by atoms with Crippen molar-refractivity contribution < 1.29 is 31.6 Å². The maximum atomic E-state index is 12.8.